The van der Waals surface area contributed by atoms with Crippen LogP contribution in [0.4, 0.5) is 0 Å². The molecule has 1 heterocycles. The summed E-state index contributed by atoms with van der Waals surface area (Å²) in [5.41, 5.74) is 0. The number of likely N-dealkylation sites (N-methyl/N-ethyl adjacent to an activating group) is 1. The Labute approximate surface area is 108 Å². The van der Waals surface area contributed by atoms with Crippen molar-refractivity contribution in [2.45, 2.75) is 18.9 Å². The van der Waals surface area contributed by atoms with Crippen LogP contribution in [0.3, 0.4) is 0 Å². The zero-order valence-corrected chi connectivity index (χ0v) is 10.8. The minimum Gasteiger partial charge on any atom is -0.492 e. The summed E-state index contributed by atoms with van der Waals surface area (Å²) in [6.07, 6.45) is 1.99. The monoisotopic (exact) mass is 248 g/mol. The number of piperidine rings is 1. The molecule has 1 amide bonds. The Hall–Kier alpha value is -1.55. The summed E-state index contributed by atoms with van der Waals surface area (Å²) in [4.78, 5) is 13.9. The second-order valence-electron chi connectivity index (χ2n) is 4.47. The summed E-state index contributed by atoms with van der Waals surface area (Å²) in [6.45, 7) is 2.05. The second kappa shape index (κ2) is 6.40. The number of nitrogens with zero attached hydrogens (tertiary/aromatic N) is 1. The smallest absolute Gasteiger partial charge is 0.239 e. The van der Waals surface area contributed by atoms with Gasteiger partial charge in [0.2, 0.25) is 5.91 Å². The Kier molecular flexibility index (Phi) is 4.59. The summed E-state index contributed by atoms with van der Waals surface area (Å²) in [6, 6.07) is 9.67. The van der Waals surface area contributed by atoms with Crippen molar-refractivity contribution in [2.24, 2.45) is 0 Å². The van der Waals surface area contributed by atoms with Crippen LogP contribution in [0.5, 0.6) is 5.75 Å². The number of carbonyl (C=O) groups is 1. The molecule has 4 heteroatoms. The maximum absolute atomic E-state index is 12.0. The largest absolute Gasteiger partial charge is 0.492 e. The lowest BCUT2D eigenvalue weighted by Crippen LogP contribution is -2.50. The van der Waals surface area contributed by atoms with E-state index < -0.39 is 0 Å². The first-order valence-corrected chi connectivity index (χ1v) is 6.45. The average Bonchev–Trinajstić information content (AvgIpc) is 2.42. The minimum absolute atomic E-state index is 0.0181. The molecule has 98 valence electrons. The van der Waals surface area contributed by atoms with Crippen LogP contribution in [-0.4, -0.2) is 43.6 Å². The van der Waals surface area contributed by atoms with Crippen LogP contribution < -0.4 is 10.1 Å². The maximum atomic E-state index is 12.0. The first-order valence-electron chi connectivity index (χ1n) is 6.45. The third-order valence-electron chi connectivity index (χ3n) is 3.25. The van der Waals surface area contributed by atoms with Crippen LogP contribution in [0.1, 0.15) is 12.8 Å². The van der Waals surface area contributed by atoms with Gasteiger partial charge in [-0.15, -0.1) is 0 Å². The first-order chi connectivity index (χ1) is 8.81. The molecule has 0 aromatic heterocycles. The Morgan fingerprint density at radius 2 is 2.17 bits per heavy atom. The van der Waals surface area contributed by atoms with Gasteiger partial charge < -0.3 is 15.0 Å². The van der Waals surface area contributed by atoms with Gasteiger partial charge in [-0.3, -0.25) is 4.79 Å². The van der Waals surface area contributed by atoms with Crippen LogP contribution in [0.2, 0.25) is 0 Å². The predicted molar refractivity (Wildman–Crippen MR) is 70.6 cm³/mol. The highest BCUT2D eigenvalue weighted by atomic mass is 16.5. The molecule has 0 saturated carbocycles. The Bertz CT molecular complexity index is 381. The van der Waals surface area contributed by atoms with E-state index in [1.165, 1.54) is 0 Å². The third kappa shape index (κ3) is 3.23. The predicted octanol–water partition coefficient (Wildman–Crippen LogP) is 1.28. The number of hydrogen-bond acceptors (Lipinski definition) is 3. The van der Waals surface area contributed by atoms with Crippen molar-refractivity contribution < 1.29 is 9.53 Å². The van der Waals surface area contributed by atoms with E-state index in [4.69, 9.17) is 4.74 Å². The molecule has 1 unspecified atom stereocenters. The summed E-state index contributed by atoms with van der Waals surface area (Å²) in [5.74, 6) is 1.05. The average molecular weight is 248 g/mol. The van der Waals surface area contributed by atoms with E-state index in [1.54, 1.807) is 0 Å². The fourth-order valence-corrected chi connectivity index (χ4v) is 2.22. The molecule has 0 radical (unpaired) electrons. The molecule has 0 bridgehead atoms. The van der Waals surface area contributed by atoms with Crippen LogP contribution >= 0.6 is 0 Å². The molecule has 1 aromatic rings. The molecule has 1 aromatic carbocycles. The van der Waals surface area contributed by atoms with Gasteiger partial charge in [-0.2, -0.15) is 0 Å². The van der Waals surface area contributed by atoms with E-state index in [9.17, 15) is 4.79 Å². The number of ether oxygens (including phenoxy) is 1. The Balaban J connectivity index is 1.78. The van der Waals surface area contributed by atoms with Gasteiger partial charge in [0.1, 0.15) is 12.4 Å². The SMILES string of the molecule is CNC1CCCN(CCOc2ccccc2)C1=O. The number of nitrogens with one attached hydrogen (secondary N) is 1. The van der Waals surface area contributed by atoms with Crippen molar-refractivity contribution in [1.82, 2.24) is 10.2 Å². The zero-order chi connectivity index (χ0) is 12.8. The molecule has 1 saturated heterocycles. The normalized spacial score (nSPS) is 19.9. The summed E-state index contributed by atoms with van der Waals surface area (Å²) in [5, 5.41) is 3.06. The lowest BCUT2D eigenvalue weighted by Gasteiger charge is -2.31. The minimum atomic E-state index is -0.0181. The van der Waals surface area contributed by atoms with E-state index in [2.05, 4.69) is 5.32 Å². The standard InChI is InChI=1S/C14H20N2O2/c1-15-13-8-5-9-16(14(13)17)10-11-18-12-6-3-2-4-7-12/h2-4,6-7,13,15H,5,8-11H2,1H3. The molecule has 0 spiro atoms. The molecule has 1 N–H and O–H groups in total. The van der Waals surface area contributed by atoms with Gasteiger partial charge in [0.05, 0.1) is 12.6 Å². The van der Waals surface area contributed by atoms with E-state index in [-0.39, 0.29) is 11.9 Å². The van der Waals surface area contributed by atoms with Crippen LogP contribution in [0, 0.1) is 0 Å². The lowest BCUT2D eigenvalue weighted by atomic mass is 10.1. The van der Waals surface area contributed by atoms with Gasteiger partial charge in [-0.25, -0.2) is 0 Å². The number of likely N-dealkylation sites (tertiary alicyclic amines) is 1. The molecule has 1 atom stereocenters. The quantitative estimate of drug-likeness (QED) is 0.853. The van der Waals surface area contributed by atoms with Gasteiger partial charge in [0, 0.05) is 6.54 Å². The van der Waals surface area contributed by atoms with Gasteiger partial charge >= 0.3 is 0 Å². The second-order valence-corrected chi connectivity index (χ2v) is 4.47. The summed E-state index contributed by atoms with van der Waals surface area (Å²) < 4.78 is 5.61. The van der Waals surface area contributed by atoms with Crippen molar-refractivity contribution in [1.29, 1.82) is 0 Å². The van der Waals surface area contributed by atoms with E-state index in [1.807, 2.05) is 42.3 Å². The van der Waals surface area contributed by atoms with Crippen LogP contribution in [-0.2, 0) is 4.79 Å². The van der Waals surface area contributed by atoms with E-state index in [0.717, 1.165) is 25.1 Å². The first kappa shape index (κ1) is 12.9. The zero-order valence-electron chi connectivity index (χ0n) is 10.8. The number of benzene rings is 1. The summed E-state index contributed by atoms with van der Waals surface area (Å²) >= 11 is 0. The molecular formula is C14H20N2O2. The van der Waals surface area contributed by atoms with Gasteiger partial charge in [-0.05, 0) is 32.0 Å². The number of amides is 1. The molecule has 18 heavy (non-hydrogen) atoms. The maximum Gasteiger partial charge on any atom is 0.239 e. The topological polar surface area (TPSA) is 41.6 Å². The lowest BCUT2D eigenvalue weighted by molar-refractivity contribution is -0.136. The molecule has 1 aliphatic heterocycles. The van der Waals surface area contributed by atoms with Crippen LogP contribution in [0.15, 0.2) is 30.3 Å². The molecule has 1 fully saturated rings. The van der Waals surface area contributed by atoms with Gasteiger partial charge in [0.25, 0.3) is 0 Å². The fraction of sp³-hybridized carbons (Fsp3) is 0.500. The molecule has 4 nitrogen and oxygen atoms in total. The number of carbonyl (C=O) groups excluding carboxylic acids is 1. The summed E-state index contributed by atoms with van der Waals surface area (Å²) in [7, 11) is 1.84. The van der Waals surface area contributed by atoms with Crippen molar-refractivity contribution in [3.63, 3.8) is 0 Å². The fourth-order valence-electron chi connectivity index (χ4n) is 2.22. The van der Waals surface area contributed by atoms with E-state index >= 15 is 0 Å². The van der Waals surface area contributed by atoms with Crippen molar-refractivity contribution in [2.75, 3.05) is 26.7 Å². The Morgan fingerprint density at radius 1 is 1.39 bits per heavy atom. The molecule has 0 aliphatic carbocycles. The number of hydrogen-bond donors (Lipinski definition) is 1. The third-order valence-corrected chi connectivity index (χ3v) is 3.25. The highest BCUT2D eigenvalue weighted by molar-refractivity contribution is 5.82. The van der Waals surface area contributed by atoms with Crippen molar-refractivity contribution >= 4 is 5.91 Å². The molecule has 1 aliphatic rings. The molecule has 2 rings (SSSR count). The van der Waals surface area contributed by atoms with Gasteiger partial charge in [-0.1, -0.05) is 18.2 Å². The Morgan fingerprint density at radius 3 is 2.89 bits per heavy atom. The molecular weight excluding hydrogens is 228 g/mol. The van der Waals surface area contributed by atoms with Crippen LogP contribution in [0.25, 0.3) is 0 Å². The number of rotatable bonds is 5. The highest BCUT2D eigenvalue weighted by Gasteiger charge is 2.26. The van der Waals surface area contributed by atoms with E-state index in [0.29, 0.717) is 13.2 Å². The van der Waals surface area contributed by atoms with Gasteiger partial charge in [0.15, 0.2) is 0 Å². The highest BCUT2D eigenvalue weighted by Crippen LogP contribution is 2.12. The van der Waals surface area contributed by atoms with Crippen molar-refractivity contribution in [3.05, 3.63) is 30.3 Å². The number of para-hydroxylation sites is 1. The van der Waals surface area contributed by atoms with Crippen molar-refractivity contribution in [3.8, 4) is 5.75 Å².